The molecule has 6 rings (SSSR count). The van der Waals surface area contributed by atoms with Gasteiger partial charge >= 0.3 is 0 Å². The molecule has 6 nitrogen and oxygen atoms in total. The second-order valence-electron chi connectivity index (χ2n) is 11.3. The van der Waals surface area contributed by atoms with Gasteiger partial charge in [0, 0.05) is 44.3 Å². The summed E-state index contributed by atoms with van der Waals surface area (Å²) >= 11 is 0. The highest BCUT2D eigenvalue weighted by Gasteiger charge is 2.14. The molecule has 0 saturated carbocycles. The Labute approximate surface area is 308 Å². The van der Waals surface area contributed by atoms with Gasteiger partial charge in [0.25, 0.3) is 0 Å². The lowest BCUT2D eigenvalue weighted by molar-refractivity contribution is 0.0878. The summed E-state index contributed by atoms with van der Waals surface area (Å²) in [5, 5.41) is 0. The Morgan fingerprint density at radius 1 is 0.231 bits per heavy atom. The number of hydrogen-bond donors (Lipinski definition) is 0. The average molecular weight is 701 g/mol. The lowest BCUT2D eigenvalue weighted by Gasteiger charge is -2.00. The topological polar surface area (TPSA) is 102 Å². The van der Waals surface area contributed by atoms with E-state index >= 15 is 0 Å². The van der Waals surface area contributed by atoms with Gasteiger partial charge in [-0.2, -0.15) is 0 Å². The van der Waals surface area contributed by atoms with Crippen molar-refractivity contribution in [1.29, 1.82) is 0 Å². The first kappa shape index (κ1) is 40.0. The van der Waals surface area contributed by atoms with Crippen LogP contribution in [0.2, 0.25) is 0 Å². The van der Waals surface area contributed by atoms with Crippen molar-refractivity contribution in [1.82, 2.24) is 0 Å². The van der Waals surface area contributed by atoms with Gasteiger partial charge in [0.1, 0.15) is 0 Å². The zero-order valence-electron chi connectivity index (χ0n) is 28.4. The molecule has 4 radical (unpaired) electrons. The maximum atomic E-state index is 11.8. The molecule has 0 aromatic heterocycles. The third-order valence-electron chi connectivity index (χ3n) is 7.54. The minimum Gasteiger partial charge on any atom is -0.294 e. The third-order valence-corrected chi connectivity index (χ3v) is 7.54. The molecule has 52 heavy (non-hydrogen) atoms. The van der Waals surface area contributed by atoms with Gasteiger partial charge in [-0.05, 0) is 0 Å². The minimum atomic E-state index is -0.139. The van der Waals surface area contributed by atoms with E-state index in [-0.39, 0.29) is 64.9 Å². The van der Waals surface area contributed by atoms with Gasteiger partial charge in [-0.15, -0.1) is 0 Å². The number of benzene rings is 6. The average Bonchev–Trinajstić information content (AvgIpc) is 3.20. The van der Waals surface area contributed by atoms with E-state index in [0.29, 0.717) is 33.4 Å². The molecule has 0 spiro atoms. The van der Waals surface area contributed by atoms with E-state index in [2.05, 4.69) is 0 Å². The van der Waals surface area contributed by atoms with E-state index in [4.69, 9.17) is 0 Å². The normalized spacial score (nSPS) is 9.69. The van der Waals surface area contributed by atoms with Crippen LogP contribution in [0.15, 0.2) is 182 Å². The summed E-state index contributed by atoms with van der Waals surface area (Å²) in [7, 11) is 0. The molecule has 0 amide bonds. The molecule has 7 heteroatoms. The van der Waals surface area contributed by atoms with Crippen molar-refractivity contribution >= 4 is 45.7 Å². The molecular formula is C45H36O6Si. The number of Topliss-reactive ketones (excluding diaryl/α,β-unsaturated/α-hetero) is 6. The van der Waals surface area contributed by atoms with Crippen molar-refractivity contribution in [3.63, 3.8) is 0 Å². The van der Waals surface area contributed by atoms with Crippen molar-refractivity contribution in [3.8, 4) is 0 Å². The predicted octanol–water partition coefficient (Wildman–Crippen LogP) is 9.05. The van der Waals surface area contributed by atoms with Gasteiger partial charge in [-0.3, -0.25) is 28.8 Å². The Hall–Kier alpha value is -6.44. The van der Waals surface area contributed by atoms with Crippen LogP contribution >= 0.6 is 0 Å². The smallest absolute Gasteiger partial charge is 0.170 e. The molecule has 0 aliphatic carbocycles. The molecule has 0 heterocycles. The van der Waals surface area contributed by atoms with E-state index in [9.17, 15) is 28.8 Å². The molecule has 256 valence electrons. The fourth-order valence-corrected chi connectivity index (χ4v) is 4.79. The van der Waals surface area contributed by atoms with Gasteiger partial charge in [-0.1, -0.05) is 182 Å². The Morgan fingerprint density at radius 2 is 0.346 bits per heavy atom. The van der Waals surface area contributed by atoms with Crippen molar-refractivity contribution in [2.24, 2.45) is 0 Å². The molecular weight excluding hydrogens is 665 g/mol. The fourth-order valence-electron chi connectivity index (χ4n) is 4.79. The summed E-state index contributed by atoms with van der Waals surface area (Å²) in [6.07, 6.45) is -0.226. The van der Waals surface area contributed by atoms with E-state index in [1.165, 1.54) is 0 Å². The Balaban J connectivity index is 0.000000208. The highest BCUT2D eigenvalue weighted by Crippen LogP contribution is 2.11. The third kappa shape index (κ3) is 13.1. The molecule has 0 aliphatic heterocycles. The van der Waals surface area contributed by atoms with Crippen LogP contribution in [0.25, 0.3) is 0 Å². The first-order chi connectivity index (χ1) is 24.8. The quantitative estimate of drug-likeness (QED) is 0.0717. The van der Waals surface area contributed by atoms with Crippen LogP contribution in [0.4, 0.5) is 0 Å². The lowest BCUT2D eigenvalue weighted by Crippen LogP contribution is -2.08. The Morgan fingerprint density at radius 3 is 0.462 bits per heavy atom. The lowest BCUT2D eigenvalue weighted by atomic mass is 10.0. The van der Waals surface area contributed by atoms with Crippen LogP contribution in [0, 0.1) is 0 Å². The van der Waals surface area contributed by atoms with Gasteiger partial charge in [-0.25, -0.2) is 0 Å². The van der Waals surface area contributed by atoms with Crippen LogP contribution in [0.1, 0.15) is 81.4 Å². The molecule has 0 fully saturated rings. The maximum absolute atomic E-state index is 11.8. The van der Waals surface area contributed by atoms with Crippen molar-refractivity contribution in [3.05, 3.63) is 215 Å². The van der Waals surface area contributed by atoms with Gasteiger partial charge < -0.3 is 0 Å². The summed E-state index contributed by atoms with van der Waals surface area (Å²) in [6.45, 7) is 0. The van der Waals surface area contributed by atoms with Gasteiger partial charge in [0.15, 0.2) is 34.7 Å². The number of hydrogen-bond acceptors (Lipinski definition) is 6. The minimum absolute atomic E-state index is 0. The second-order valence-corrected chi connectivity index (χ2v) is 11.3. The van der Waals surface area contributed by atoms with Crippen LogP contribution in [0.5, 0.6) is 0 Å². The van der Waals surface area contributed by atoms with Gasteiger partial charge in [0.2, 0.25) is 0 Å². The van der Waals surface area contributed by atoms with E-state index in [1.54, 1.807) is 146 Å². The number of rotatable bonds is 12. The number of carbonyl (C=O) groups excluding carboxylic acids is 6. The zero-order chi connectivity index (χ0) is 36.3. The summed E-state index contributed by atoms with van der Waals surface area (Å²) in [4.78, 5) is 70.8. The predicted molar refractivity (Wildman–Crippen MR) is 204 cm³/mol. The van der Waals surface area contributed by atoms with E-state index in [1.807, 2.05) is 36.4 Å². The molecule has 6 aromatic rings. The number of ketones is 6. The highest BCUT2D eigenvalue weighted by atomic mass is 28.1. The van der Waals surface area contributed by atoms with Gasteiger partial charge in [0.05, 0.1) is 19.3 Å². The molecule has 0 bridgehead atoms. The van der Waals surface area contributed by atoms with E-state index < -0.39 is 0 Å². The van der Waals surface area contributed by atoms with Crippen LogP contribution < -0.4 is 0 Å². The van der Waals surface area contributed by atoms with Crippen LogP contribution in [0.3, 0.4) is 0 Å². The van der Waals surface area contributed by atoms with Crippen molar-refractivity contribution in [2.45, 2.75) is 19.3 Å². The summed E-state index contributed by atoms with van der Waals surface area (Å²) in [6, 6.07) is 53.2. The maximum Gasteiger partial charge on any atom is 0.170 e. The van der Waals surface area contributed by atoms with Crippen LogP contribution in [-0.2, 0) is 0 Å². The molecule has 0 unspecified atom stereocenters. The summed E-state index contributed by atoms with van der Waals surface area (Å²) in [5.74, 6) is -0.836. The standard InChI is InChI=1S/3C15H12O2.Si/c3*16-14(12-7-3-1-4-8-12)11-15(17)13-9-5-2-6-10-13;/h3*1-10H,11H2;. The zero-order valence-corrected chi connectivity index (χ0v) is 29.4. The van der Waals surface area contributed by atoms with Crippen LogP contribution in [-0.4, -0.2) is 45.7 Å². The molecule has 0 N–H and O–H groups in total. The van der Waals surface area contributed by atoms with Crippen molar-refractivity contribution < 1.29 is 28.8 Å². The first-order valence-electron chi connectivity index (χ1n) is 16.3. The SMILES string of the molecule is O=C(CC(=O)c1ccccc1)c1ccccc1.O=C(CC(=O)c1ccccc1)c1ccccc1.O=C(CC(=O)c1ccccc1)c1ccccc1.[Si]. The van der Waals surface area contributed by atoms with Crippen molar-refractivity contribution in [2.75, 3.05) is 0 Å². The van der Waals surface area contributed by atoms with E-state index in [0.717, 1.165) is 0 Å². The molecule has 0 aliphatic rings. The monoisotopic (exact) mass is 700 g/mol. The highest BCUT2D eigenvalue weighted by molar-refractivity contribution is 6.15. The summed E-state index contributed by atoms with van der Waals surface area (Å²) in [5.41, 5.74) is 3.48. The second kappa shape index (κ2) is 21.6. The summed E-state index contributed by atoms with van der Waals surface area (Å²) < 4.78 is 0. The molecule has 6 aromatic carbocycles. The fraction of sp³-hybridized carbons (Fsp3) is 0.0667. The molecule has 0 atom stereocenters. The Kier molecular flexibility index (Phi) is 16.6. The Bertz CT molecular complexity index is 1640. The largest absolute Gasteiger partial charge is 0.294 e. The molecule has 0 saturated heterocycles. The number of carbonyl (C=O) groups is 6. The first-order valence-corrected chi connectivity index (χ1v) is 16.3.